The Labute approximate surface area is 109 Å². The molecule has 0 heterocycles. The lowest BCUT2D eigenvalue weighted by Gasteiger charge is -2.09. The largest absolute Gasteiger partial charge is 0.497 e. The Kier molecular flexibility index (Phi) is 5.59. The minimum atomic E-state index is -0.697. The molecule has 0 aliphatic carbocycles. The summed E-state index contributed by atoms with van der Waals surface area (Å²) in [4.78, 5) is 22.4. The molecule has 6 nitrogen and oxygen atoms in total. The van der Waals surface area contributed by atoms with Crippen LogP contribution in [0.5, 0.6) is 5.75 Å². The van der Waals surface area contributed by atoms with E-state index in [-0.39, 0.29) is 18.8 Å². The summed E-state index contributed by atoms with van der Waals surface area (Å²) in [5.41, 5.74) is -0.0119. The Morgan fingerprint density at radius 1 is 1.37 bits per heavy atom. The molecule has 104 valence electrons. The van der Waals surface area contributed by atoms with Crippen molar-refractivity contribution in [2.24, 2.45) is 0 Å². The Bertz CT molecular complexity index is 465. The van der Waals surface area contributed by atoms with Crippen molar-refractivity contribution in [3.63, 3.8) is 0 Å². The highest BCUT2D eigenvalue weighted by atomic mass is 19.1. The van der Waals surface area contributed by atoms with Crippen molar-refractivity contribution in [3.05, 3.63) is 24.0 Å². The number of benzene rings is 1. The van der Waals surface area contributed by atoms with E-state index in [2.05, 4.69) is 15.4 Å². The normalized spacial score (nSPS) is 9.63. The summed E-state index contributed by atoms with van der Waals surface area (Å²) >= 11 is 0. The lowest BCUT2D eigenvalue weighted by Crippen LogP contribution is -2.34. The van der Waals surface area contributed by atoms with E-state index in [1.807, 2.05) is 0 Å². The number of carbonyl (C=O) groups excluding carboxylic acids is 2. The van der Waals surface area contributed by atoms with Crippen LogP contribution in [0.3, 0.4) is 0 Å². The van der Waals surface area contributed by atoms with Gasteiger partial charge in [-0.25, -0.2) is 9.18 Å². The highest BCUT2D eigenvalue weighted by molar-refractivity contribution is 5.91. The average Bonchev–Trinajstić information content (AvgIpc) is 2.39. The van der Waals surface area contributed by atoms with Gasteiger partial charge >= 0.3 is 12.0 Å². The zero-order valence-corrected chi connectivity index (χ0v) is 10.7. The van der Waals surface area contributed by atoms with Gasteiger partial charge in [-0.05, 0) is 19.1 Å². The lowest BCUT2D eigenvalue weighted by molar-refractivity contribution is -0.141. The third-order valence-corrected chi connectivity index (χ3v) is 2.12. The lowest BCUT2D eigenvalue weighted by atomic mass is 10.3. The number of anilines is 1. The first-order chi connectivity index (χ1) is 9.06. The maximum atomic E-state index is 13.5. The van der Waals surface area contributed by atoms with Crippen LogP contribution in [0.1, 0.15) is 6.92 Å². The van der Waals surface area contributed by atoms with Crippen LogP contribution < -0.4 is 15.4 Å². The number of carbonyl (C=O) groups is 2. The number of rotatable bonds is 5. The van der Waals surface area contributed by atoms with Gasteiger partial charge in [-0.15, -0.1) is 0 Å². The zero-order chi connectivity index (χ0) is 14.3. The molecule has 0 fully saturated rings. The molecule has 0 atom stereocenters. The summed E-state index contributed by atoms with van der Waals surface area (Å²) in [5.74, 6) is -0.853. The van der Waals surface area contributed by atoms with Gasteiger partial charge in [0.1, 0.15) is 18.1 Å². The summed E-state index contributed by atoms with van der Waals surface area (Å²) in [6.07, 6.45) is 0. The second-order valence-corrected chi connectivity index (χ2v) is 3.46. The van der Waals surface area contributed by atoms with Crippen molar-refractivity contribution in [2.75, 3.05) is 25.6 Å². The molecule has 2 amide bonds. The van der Waals surface area contributed by atoms with E-state index in [9.17, 15) is 14.0 Å². The molecule has 0 aliphatic rings. The summed E-state index contributed by atoms with van der Waals surface area (Å²) in [5, 5.41) is 4.52. The van der Waals surface area contributed by atoms with Gasteiger partial charge in [0.2, 0.25) is 0 Å². The van der Waals surface area contributed by atoms with E-state index in [4.69, 9.17) is 4.74 Å². The SMILES string of the molecule is CCOC(=O)CNC(=O)Nc1ccc(OC)cc1F. The van der Waals surface area contributed by atoms with Gasteiger partial charge in [0.05, 0.1) is 19.4 Å². The zero-order valence-electron chi connectivity index (χ0n) is 10.7. The number of hydrogen-bond acceptors (Lipinski definition) is 4. The highest BCUT2D eigenvalue weighted by Crippen LogP contribution is 2.19. The standard InChI is InChI=1S/C12H15FN2O4/c1-3-19-11(16)7-14-12(17)15-10-5-4-8(18-2)6-9(10)13/h4-6H,3,7H2,1-2H3,(H2,14,15,17). The van der Waals surface area contributed by atoms with Crippen molar-refractivity contribution in [2.45, 2.75) is 6.92 Å². The number of nitrogens with one attached hydrogen (secondary N) is 2. The summed E-state index contributed by atoms with van der Waals surface area (Å²) in [6.45, 7) is 1.61. The third kappa shape index (κ3) is 4.82. The molecule has 1 rings (SSSR count). The molecule has 0 aliphatic heterocycles. The molecule has 1 aromatic carbocycles. The molecule has 0 unspecified atom stereocenters. The Balaban J connectivity index is 2.50. The first-order valence-corrected chi connectivity index (χ1v) is 5.60. The van der Waals surface area contributed by atoms with E-state index in [0.29, 0.717) is 5.75 Å². The molecule has 0 bridgehead atoms. The number of esters is 1. The molecular formula is C12H15FN2O4. The fourth-order valence-electron chi connectivity index (χ4n) is 1.26. The molecular weight excluding hydrogens is 255 g/mol. The summed E-state index contributed by atoms with van der Waals surface area (Å²) < 4.78 is 23.0. The highest BCUT2D eigenvalue weighted by Gasteiger charge is 2.09. The summed E-state index contributed by atoms with van der Waals surface area (Å²) in [7, 11) is 1.41. The number of halogens is 1. The van der Waals surface area contributed by atoms with Gasteiger partial charge in [0.25, 0.3) is 0 Å². The monoisotopic (exact) mass is 270 g/mol. The van der Waals surface area contributed by atoms with Crippen LogP contribution in [-0.2, 0) is 9.53 Å². The van der Waals surface area contributed by atoms with E-state index in [1.165, 1.54) is 19.2 Å². The van der Waals surface area contributed by atoms with Crippen LogP contribution in [-0.4, -0.2) is 32.3 Å². The molecule has 0 saturated heterocycles. The number of urea groups is 1. The van der Waals surface area contributed by atoms with Gasteiger partial charge in [0.15, 0.2) is 0 Å². The van der Waals surface area contributed by atoms with Crippen molar-refractivity contribution in [3.8, 4) is 5.75 Å². The van der Waals surface area contributed by atoms with Crippen molar-refractivity contribution < 1.29 is 23.5 Å². The van der Waals surface area contributed by atoms with E-state index < -0.39 is 17.8 Å². The van der Waals surface area contributed by atoms with Crippen LogP contribution in [0.4, 0.5) is 14.9 Å². The topological polar surface area (TPSA) is 76.7 Å². The second kappa shape index (κ2) is 7.20. The Morgan fingerprint density at radius 2 is 2.11 bits per heavy atom. The third-order valence-electron chi connectivity index (χ3n) is 2.12. The molecule has 0 saturated carbocycles. The Hall–Kier alpha value is -2.31. The van der Waals surface area contributed by atoms with Crippen LogP contribution in [0.15, 0.2) is 18.2 Å². The number of hydrogen-bond donors (Lipinski definition) is 2. The minimum Gasteiger partial charge on any atom is -0.497 e. The van der Waals surface area contributed by atoms with Crippen molar-refractivity contribution >= 4 is 17.7 Å². The first kappa shape index (κ1) is 14.7. The van der Waals surface area contributed by atoms with Gasteiger partial charge < -0.3 is 20.1 Å². The average molecular weight is 270 g/mol. The number of amides is 2. The Morgan fingerprint density at radius 3 is 2.68 bits per heavy atom. The maximum absolute atomic E-state index is 13.5. The molecule has 0 aromatic heterocycles. The van der Waals surface area contributed by atoms with Crippen LogP contribution in [0, 0.1) is 5.82 Å². The number of ether oxygens (including phenoxy) is 2. The quantitative estimate of drug-likeness (QED) is 0.795. The fourth-order valence-corrected chi connectivity index (χ4v) is 1.26. The summed E-state index contributed by atoms with van der Waals surface area (Å²) in [6, 6.07) is 3.31. The molecule has 0 spiro atoms. The smallest absolute Gasteiger partial charge is 0.325 e. The molecule has 1 aromatic rings. The molecule has 2 N–H and O–H groups in total. The first-order valence-electron chi connectivity index (χ1n) is 5.60. The maximum Gasteiger partial charge on any atom is 0.325 e. The van der Waals surface area contributed by atoms with E-state index in [1.54, 1.807) is 6.92 Å². The van der Waals surface area contributed by atoms with Crippen LogP contribution in [0.2, 0.25) is 0 Å². The fraction of sp³-hybridized carbons (Fsp3) is 0.333. The van der Waals surface area contributed by atoms with Crippen LogP contribution >= 0.6 is 0 Å². The second-order valence-electron chi connectivity index (χ2n) is 3.46. The minimum absolute atomic E-state index is 0.0119. The molecule has 0 radical (unpaired) electrons. The predicted octanol–water partition coefficient (Wildman–Crippen LogP) is 1.52. The molecule has 19 heavy (non-hydrogen) atoms. The molecule has 7 heteroatoms. The van der Waals surface area contributed by atoms with Crippen molar-refractivity contribution in [1.82, 2.24) is 5.32 Å². The van der Waals surface area contributed by atoms with Crippen molar-refractivity contribution in [1.29, 1.82) is 0 Å². The predicted molar refractivity (Wildman–Crippen MR) is 66.6 cm³/mol. The van der Waals surface area contributed by atoms with E-state index >= 15 is 0 Å². The van der Waals surface area contributed by atoms with E-state index in [0.717, 1.165) is 6.07 Å². The van der Waals surface area contributed by atoms with Gasteiger partial charge in [-0.2, -0.15) is 0 Å². The van der Waals surface area contributed by atoms with Gasteiger partial charge in [-0.3, -0.25) is 4.79 Å². The van der Waals surface area contributed by atoms with Gasteiger partial charge in [0, 0.05) is 6.07 Å². The number of methoxy groups -OCH3 is 1. The van der Waals surface area contributed by atoms with Gasteiger partial charge in [-0.1, -0.05) is 0 Å². The van der Waals surface area contributed by atoms with Crippen LogP contribution in [0.25, 0.3) is 0 Å².